The van der Waals surface area contributed by atoms with E-state index in [1.165, 1.54) is 24.9 Å². The number of halogens is 4. The molecule has 1 saturated heterocycles. The lowest BCUT2D eigenvalue weighted by Gasteiger charge is -2.37. The van der Waals surface area contributed by atoms with Gasteiger partial charge in [0.1, 0.15) is 41.3 Å². The van der Waals surface area contributed by atoms with E-state index in [-0.39, 0.29) is 46.2 Å². The van der Waals surface area contributed by atoms with Crippen molar-refractivity contribution in [3.05, 3.63) is 57.8 Å². The predicted octanol–water partition coefficient (Wildman–Crippen LogP) is 2.32. The first-order valence-corrected chi connectivity index (χ1v) is 10.4. The Hall–Kier alpha value is -3.87. The number of alkyl halides is 2. The van der Waals surface area contributed by atoms with Crippen LogP contribution in [0.5, 0.6) is 0 Å². The maximum atomic E-state index is 14.7. The van der Waals surface area contributed by atoms with Gasteiger partial charge in [0, 0.05) is 43.7 Å². The maximum Gasteiger partial charge on any atom is 0.373 e. The van der Waals surface area contributed by atoms with Crippen LogP contribution >= 0.6 is 0 Å². The van der Waals surface area contributed by atoms with Gasteiger partial charge in [-0.3, -0.25) is 14.4 Å². The van der Waals surface area contributed by atoms with E-state index in [9.17, 15) is 22.4 Å². The third-order valence-electron chi connectivity index (χ3n) is 5.53. The Labute approximate surface area is 196 Å². The molecule has 1 atom stereocenters. The van der Waals surface area contributed by atoms with Crippen LogP contribution in [-0.4, -0.2) is 58.1 Å². The maximum absolute atomic E-state index is 14.7. The fourth-order valence-electron chi connectivity index (χ4n) is 3.73. The van der Waals surface area contributed by atoms with Crippen molar-refractivity contribution in [2.45, 2.75) is 19.1 Å². The third-order valence-corrected chi connectivity index (χ3v) is 5.53. The van der Waals surface area contributed by atoms with Gasteiger partial charge in [-0.1, -0.05) is 0 Å². The lowest BCUT2D eigenvalue weighted by atomic mass is 10.1. The minimum atomic E-state index is -3.63. The molecule has 4 rings (SSSR count). The molecule has 2 aromatic heterocycles. The smallest absolute Gasteiger partial charge is 0.373 e. The summed E-state index contributed by atoms with van der Waals surface area (Å²) in [5, 5.41) is 0. The SMILES string of the molecule is CN=C/C(=C\N)[C@H]1CN(c2nc(-c3ccc(F)cc3F)c3nc(C)n(C)c(=O)c3n2)CC(F)(F)O1. The van der Waals surface area contributed by atoms with Crippen LogP contribution in [0.2, 0.25) is 0 Å². The molecule has 3 aromatic rings. The molecule has 2 N–H and O–H groups in total. The second kappa shape index (κ2) is 9.06. The molecule has 184 valence electrons. The quantitative estimate of drug-likeness (QED) is 0.440. The highest BCUT2D eigenvalue weighted by Crippen LogP contribution is 2.33. The Morgan fingerprint density at radius 3 is 2.66 bits per heavy atom. The van der Waals surface area contributed by atoms with Crippen molar-refractivity contribution in [3.63, 3.8) is 0 Å². The van der Waals surface area contributed by atoms with E-state index in [1.54, 1.807) is 6.92 Å². The largest absolute Gasteiger partial charge is 0.404 e. The number of aromatic nitrogens is 4. The minimum Gasteiger partial charge on any atom is -0.404 e. The number of benzene rings is 1. The summed E-state index contributed by atoms with van der Waals surface area (Å²) in [5.74, 6) is -1.78. The average Bonchev–Trinajstić information content (AvgIpc) is 2.80. The normalized spacial score (nSPS) is 18.5. The van der Waals surface area contributed by atoms with Crippen molar-refractivity contribution in [1.29, 1.82) is 0 Å². The van der Waals surface area contributed by atoms with Crippen LogP contribution in [0.1, 0.15) is 5.82 Å². The number of aryl methyl sites for hydroxylation is 1. The monoisotopic (exact) mass is 491 g/mol. The molecule has 0 amide bonds. The van der Waals surface area contributed by atoms with E-state index >= 15 is 0 Å². The summed E-state index contributed by atoms with van der Waals surface area (Å²) in [6.07, 6.45) is -2.45. The summed E-state index contributed by atoms with van der Waals surface area (Å²) in [6.45, 7) is 0.449. The second-order valence-electron chi connectivity index (χ2n) is 7.90. The van der Waals surface area contributed by atoms with Crippen LogP contribution in [-0.2, 0) is 11.8 Å². The highest BCUT2D eigenvalue weighted by molar-refractivity contribution is 5.89. The molecule has 13 heteroatoms. The van der Waals surface area contributed by atoms with Crippen molar-refractivity contribution in [1.82, 2.24) is 19.5 Å². The van der Waals surface area contributed by atoms with Crippen molar-refractivity contribution in [3.8, 4) is 11.3 Å². The molecule has 0 aliphatic carbocycles. The van der Waals surface area contributed by atoms with E-state index in [0.29, 0.717) is 6.07 Å². The van der Waals surface area contributed by atoms with Gasteiger partial charge < -0.3 is 15.4 Å². The van der Waals surface area contributed by atoms with Gasteiger partial charge in [-0.05, 0) is 19.1 Å². The first-order chi connectivity index (χ1) is 16.5. The van der Waals surface area contributed by atoms with Gasteiger partial charge in [0.2, 0.25) is 5.95 Å². The van der Waals surface area contributed by atoms with Crippen molar-refractivity contribution in [2.24, 2.45) is 17.8 Å². The Balaban J connectivity index is 1.95. The summed E-state index contributed by atoms with van der Waals surface area (Å²) in [6, 6.07) is 2.80. The zero-order valence-corrected chi connectivity index (χ0v) is 19.0. The van der Waals surface area contributed by atoms with Crippen molar-refractivity contribution >= 4 is 23.2 Å². The number of ether oxygens (including phenoxy) is 1. The topological polar surface area (TPSA) is 112 Å². The lowest BCUT2D eigenvalue weighted by Crippen LogP contribution is -2.53. The molecule has 1 aromatic carbocycles. The first-order valence-electron chi connectivity index (χ1n) is 10.4. The molecule has 0 radical (unpaired) electrons. The highest BCUT2D eigenvalue weighted by atomic mass is 19.3. The third kappa shape index (κ3) is 4.58. The zero-order chi connectivity index (χ0) is 25.5. The van der Waals surface area contributed by atoms with Crippen LogP contribution in [0.25, 0.3) is 22.3 Å². The van der Waals surface area contributed by atoms with Crippen LogP contribution in [0.3, 0.4) is 0 Å². The standard InChI is InChI=1S/C22H21F4N7O2/c1-11-29-18-17(14-5-4-13(23)6-15(14)24)30-21(31-19(18)20(34)32(11)3)33-9-16(12(7-27)8-28-2)35-22(25,26)10-33/h4-8,16H,9-10,27H2,1-3H3/b12-7+,28-8?/t16-/m1/s1. The van der Waals surface area contributed by atoms with E-state index in [2.05, 4.69) is 19.9 Å². The van der Waals surface area contributed by atoms with Gasteiger partial charge in [-0.2, -0.15) is 8.78 Å². The van der Waals surface area contributed by atoms with E-state index < -0.39 is 36.0 Å². The number of fused-ring (bicyclic) bond motifs is 1. The van der Waals surface area contributed by atoms with Crippen LogP contribution < -0.4 is 16.2 Å². The summed E-state index contributed by atoms with van der Waals surface area (Å²) in [5.41, 5.74) is 4.61. The number of morpholine rings is 1. The van der Waals surface area contributed by atoms with Gasteiger partial charge in [0.05, 0.1) is 6.54 Å². The number of rotatable bonds is 4. The molecule has 35 heavy (non-hydrogen) atoms. The van der Waals surface area contributed by atoms with Crippen molar-refractivity contribution < 1.29 is 22.3 Å². The van der Waals surface area contributed by atoms with E-state index in [4.69, 9.17) is 10.5 Å². The molecule has 0 bridgehead atoms. The fourth-order valence-corrected chi connectivity index (χ4v) is 3.73. The molecular weight excluding hydrogens is 470 g/mol. The van der Waals surface area contributed by atoms with Gasteiger partial charge in [-0.25, -0.2) is 23.7 Å². The molecule has 0 unspecified atom stereocenters. The zero-order valence-electron chi connectivity index (χ0n) is 19.0. The molecule has 9 nitrogen and oxygen atoms in total. The molecule has 3 heterocycles. The van der Waals surface area contributed by atoms with Gasteiger partial charge in [-0.15, -0.1) is 0 Å². The Bertz CT molecular complexity index is 1420. The fraction of sp³-hybridized carbons (Fsp3) is 0.318. The molecule has 1 aliphatic heterocycles. The molecule has 0 saturated carbocycles. The lowest BCUT2D eigenvalue weighted by molar-refractivity contribution is -0.258. The molecular formula is C22H21F4N7O2. The van der Waals surface area contributed by atoms with Crippen molar-refractivity contribution in [2.75, 3.05) is 25.0 Å². The summed E-state index contributed by atoms with van der Waals surface area (Å²) < 4.78 is 63.5. The van der Waals surface area contributed by atoms with E-state index in [0.717, 1.165) is 23.2 Å². The average molecular weight is 491 g/mol. The number of aliphatic imine (C=N–C) groups is 1. The number of nitrogens with zero attached hydrogens (tertiary/aromatic N) is 6. The summed E-state index contributed by atoms with van der Waals surface area (Å²) >= 11 is 0. The van der Waals surface area contributed by atoms with Crippen LogP contribution in [0.15, 0.2) is 39.8 Å². The summed E-state index contributed by atoms with van der Waals surface area (Å²) in [7, 11) is 2.91. The van der Waals surface area contributed by atoms with Gasteiger partial charge in [0.25, 0.3) is 5.56 Å². The summed E-state index contributed by atoms with van der Waals surface area (Å²) in [4.78, 5) is 30.7. The molecule has 0 spiro atoms. The Kier molecular flexibility index (Phi) is 6.28. The highest BCUT2D eigenvalue weighted by Gasteiger charge is 2.43. The van der Waals surface area contributed by atoms with E-state index in [1.807, 2.05) is 0 Å². The Morgan fingerprint density at radius 2 is 2.00 bits per heavy atom. The van der Waals surface area contributed by atoms with Crippen LogP contribution in [0.4, 0.5) is 23.5 Å². The number of hydrogen-bond donors (Lipinski definition) is 1. The van der Waals surface area contributed by atoms with Gasteiger partial charge >= 0.3 is 6.11 Å². The first kappa shape index (κ1) is 24.3. The molecule has 1 aliphatic rings. The minimum absolute atomic E-state index is 0.0444. The predicted molar refractivity (Wildman–Crippen MR) is 121 cm³/mol. The number of hydrogen-bond acceptors (Lipinski definition) is 8. The molecule has 1 fully saturated rings. The second-order valence-corrected chi connectivity index (χ2v) is 7.90. The van der Waals surface area contributed by atoms with Gasteiger partial charge in [0.15, 0.2) is 5.52 Å². The Morgan fingerprint density at radius 1 is 1.26 bits per heavy atom. The number of nitrogens with two attached hydrogens (primary N) is 1. The van der Waals surface area contributed by atoms with Crippen LogP contribution in [0, 0.1) is 18.6 Å². The number of anilines is 1.